The first-order valence-electron chi connectivity index (χ1n) is 8.47. The van der Waals surface area contributed by atoms with Crippen molar-refractivity contribution in [2.24, 2.45) is 0 Å². The van der Waals surface area contributed by atoms with Gasteiger partial charge in [0.1, 0.15) is 11.2 Å². The number of para-hydroxylation sites is 2. The highest BCUT2D eigenvalue weighted by Crippen LogP contribution is 2.31. The highest BCUT2D eigenvalue weighted by molar-refractivity contribution is 6.18. The largest absolute Gasteiger partial charge is 0.456 e. The van der Waals surface area contributed by atoms with Crippen molar-refractivity contribution < 1.29 is 4.42 Å². The van der Waals surface area contributed by atoms with Gasteiger partial charge in [0.2, 0.25) is 0 Å². The van der Waals surface area contributed by atoms with Crippen molar-refractivity contribution in [1.29, 1.82) is 0 Å². The molecule has 0 saturated carbocycles. The maximum Gasteiger partial charge on any atom is 0.135 e. The topological polar surface area (TPSA) is 13.1 Å². The van der Waals surface area contributed by atoms with Crippen molar-refractivity contribution in [3.8, 4) is 0 Å². The predicted molar refractivity (Wildman–Crippen MR) is 106 cm³/mol. The first-order valence-corrected chi connectivity index (χ1v) is 8.47. The zero-order valence-corrected chi connectivity index (χ0v) is 13.6. The first-order chi connectivity index (χ1) is 12.4. The third-order valence-electron chi connectivity index (χ3n) is 4.72. The van der Waals surface area contributed by atoms with Crippen molar-refractivity contribution in [2.45, 2.75) is 0 Å². The van der Waals surface area contributed by atoms with Gasteiger partial charge >= 0.3 is 0 Å². The lowest BCUT2D eigenvalue weighted by Gasteiger charge is -2.01. The minimum Gasteiger partial charge on any atom is -0.456 e. The number of benzene rings is 4. The van der Waals surface area contributed by atoms with Gasteiger partial charge in [0, 0.05) is 10.8 Å². The molecule has 0 spiro atoms. The van der Waals surface area contributed by atoms with Crippen LogP contribution in [0.5, 0.6) is 0 Å². The zero-order chi connectivity index (χ0) is 16.6. The molecule has 1 aromatic heterocycles. The Hall–Kier alpha value is -3.32. The summed E-state index contributed by atoms with van der Waals surface area (Å²) in [7, 11) is 0. The van der Waals surface area contributed by atoms with Gasteiger partial charge in [0.15, 0.2) is 0 Å². The van der Waals surface area contributed by atoms with Gasteiger partial charge < -0.3 is 4.42 Å². The van der Waals surface area contributed by atoms with Gasteiger partial charge in [-0.3, -0.25) is 0 Å². The van der Waals surface area contributed by atoms with Crippen molar-refractivity contribution in [3.05, 3.63) is 97.1 Å². The second-order valence-corrected chi connectivity index (χ2v) is 6.19. The molecule has 0 N–H and O–H groups in total. The Bertz CT molecular complexity index is 1190. The SMILES string of the molecule is c1ccc2c(c1)oc1ccccc1c1ccccc1c1ccccc21. The highest BCUT2D eigenvalue weighted by Gasteiger charge is 2.05. The molecule has 1 heteroatoms. The maximum absolute atomic E-state index is 6.38. The summed E-state index contributed by atoms with van der Waals surface area (Å²) in [5.41, 5.74) is 1.77. The van der Waals surface area contributed by atoms with Crippen LogP contribution in [0.1, 0.15) is 0 Å². The van der Waals surface area contributed by atoms with Crippen molar-refractivity contribution >= 4 is 43.5 Å². The van der Waals surface area contributed by atoms with Crippen LogP contribution in [0.2, 0.25) is 0 Å². The van der Waals surface area contributed by atoms with Crippen molar-refractivity contribution in [3.63, 3.8) is 0 Å². The van der Waals surface area contributed by atoms with E-state index in [1.54, 1.807) is 0 Å². The molecule has 0 amide bonds. The molecule has 0 aliphatic heterocycles. The fourth-order valence-corrected chi connectivity index (χ4v) is 3.58. The molecule has 0 aliphatic rings. The number of rotatable bonds is 0. The Balaban J connectivity index is 2.27. The Morgan fingerprint density at radius 3 is 1.00 bits per heavy atom. The predicted octanol–water partition coefficient (Wildman–Crippen LogP) is 7.02. The molecule has 0 saturated heterocycles. The quantitative estimate of drug-likeness (QED) is 0.299. The molecule has 118 valence electrons. The smallest absolute Gasteiger partial charge is 0.135 e. The van der Waals surface area contributed by atoms with Crippen LogP contribution in [0.4, 0.5) is 0 Å². The summed E-state index contributed by atoms with van der Waals surface area (Å²) in [4.78, 5) is 0. The summed E-state index contributed by atoms with van der Waals surface area (Å²) in [6.07, 6.45) is 0. The average molecular weight is 320 g/mol. The third kappa shape index (κ3) is 2.25. The maximum atomic E-state index is 6.38. The van der Waals surface area contributed by atoms with Crippen LogP contribution in [0, 0.1) is 0 Å². The molecule has 25 heavy (non-hydrogen) atoms. The van der Waals surface area contributed by atoms with Gasteiger partial charge in [-0.05, 0) is 33.7 Å². The van der Waals surface area contributed by atoms with E-state index in [2.05, 4.69) is 72.8 Å². The standard InChI is InChI=1S/C24H16O/c1-3-11-19-17(9-1)18-10-2-4-12-20(18)22-14-6-8-16-24(22)25-23-15-7-5-13-21(19)23/h1-16H. The van der Waals surface area contributed by atoms with Gasteiger partial charge in [-0.25, -0.2) is 0 Å². The van der Waals surface area contributed by atoms with Crippen LogP contribution < -0.4 is 0 Å². The number of hydrogen-bond donors (Lipinski definition) is 0. The molecule has 5 aromatic rings. The van der Waals surface area contributed by atoms with Gasteiger partial charge in [0.05, 0.1) is 0 Å². The first kappa shape index (κ1) is 14.1. The van der Waals surface area contributed by atoms with E-state index in [4.69, 9.17) is 4.42 Å². The normalized spacial score (nSPS) is 11.2. The number of fused-ring (bicyclic) bond motifs is 7. The van der Waals surface area contributed by atoms with Crippen molar-refractivity contribution in [1.82, 2.24) is 0 Å². The lowest BCUT2D eigenvalue weighted by Crippen LogP contribution is -1.75. The van der Waals surface area contributed by atoms with E-state index in [1.165, 1.54) is 21.5 Å². The Kier molecular flexibility index (Phi) is 3.17. The van der Waals surface area contributed by atoms with E-state index < -0.39 is 0 Å². The lowest BCUT2D eigenvalue weighted by molar-refractivity contribution is 0.663. The second kappa shape index (κ2) is 5.64. The van der Waals surface area contributed by atoms with E-state index in [0.717, 1.165) is 21.9 Å². The van der Waals surface area contributed by atoms with Crippen LogP contribution in [0.25, 0.3) is 43.5 Å². The highest BCUT2D eigenvalue weighted by atomic mass is 16.3. The molecule has 0 fully saturated rings. The van der Waals surface area contributed by atoms with Crippen molar-refractivity contribution in [2.75, 3.05) is 0 Å². The van der Waals surface area contributed by atoms with Crippen LogP contribution >= 0.6 is 0 Å². The molecule has 0 atom stereocenters. The lowest BCUT2D eigenvalue weighted by atomic mass is 10.0. The van der Waals surface area contributed by atoms with E-state index in [1.807, 2.05) is 24.3 Å². The van der Waals surface area contributed by atoms with E-state index in [9.17, 15) is 0 Å². The third-order valence-corrected chi connectivity index (χ3v) is 4.72. The molecular weight excluding hydrogens is 304 g/mol. The van der Waals surface area contributed by atoms with Gasteiger partial charge in [-0.2, -0.15) is 0 Å². The van der Waals surface area contributed by atoms with Crippen LogP contribution in [-0.4, -0.2) is 0 Å². The summed E-state index contributed by atoms with van der Waals surface area (Å²) >= 11 is 0. The monoisotopic (exact) mass is 320 g/mol. The average Bonchev–Trinajstić information content (AvgIpc) is 2.73. The van der Waals surface area contributed by atoms with E-state index in [0.29, 0.717) is 0 Å². The summed E-state index contributed by atoms with van der Waals surface area (Å²) in [5.74, 6) is 0. The summed E-state index contributed by atoms with van der Waals surface area (Å²) in [6.45, 7) is 0. The molecule has 0 radical (unpaired) electrons. The molecule has 1 heterocycles. The minimum absolute atomic E-state index is 0.884. The van der Waals surface area contributed by atoms with Crippen LogP contribution in [0.3, 0.4) is 0 Å². The molecule has 5 rings (SSSR count). The molecule has 0 aliphatic carbocycles. The molecule has 4 aromatic carbocycles. The van der Waals surface area contributed by atoms with Gasteiger partial charge in [-0.15, -0.1) is 0 Å². The minimum atomic E-state index is 0.884. The number of hydrogen-bond acceptors (Lipinski definition) is 1. The fraction of sp³-hybridized carbons (Fsp3) is 0. The van der Waals surface area contributed by atoms with Crippen LogP contribution in [-0.2, 0) is 0 Å². The van der Waals surface area contributed by atoms with E-state index >= 15 is 0 Å². The molecule has 0 unspecified atom stereocenters. The zero-order valence-electron chi connectivity index (χ0n) is 13.6. The molecule has 1 nitrogen and oxygen atoms in total. The Morgan fingerprint density at radius 2 is 0.600 bits per heavy atom. The van der Waals surface area contributed by atoms with Gasteiger partial charge in [-0.1, -0.05) is 84.9 Å². The fourth-order valence-electron chi connectivity index (χ4n) is 3.58. The summed E-state index contributed by atoms with van der Waals surface area (Å²) < 4.78 is 6.38. The summed E-state index contributed by atoms with van der Waals surface area (Å²) in [5, 5.41) is 7.07. The Morgan fingerprint density at radius 1 is 0.320 bits per heavy atom. The second-order valence-electron chi connectivity index (χ2n) is 6.19. The molecule has 0 bridgehead atoms. The Labute approximate surface area is 145 Å². The molecular formula is C24H16O. The van der Waals surface area contributed by atoms with E-state index in [-0.39, 0.29) is 0 Å². The van der Waals surface area contributed by atoms with Gasteiger partial charge in [0.25, 0.3) is 0 Å². The van der Waals surface area contributed by atoms with Crippen LogP contribution in [0.15, 0.2) is 101 Å². The summed E-state index contributed by atoms with van der Waals surface area (Å²) in [6, 6.07) is 33.6.